The Balaban J connectivity index is 2.21. The lowest BCUT2D eigenvalue weighted by Crippen LogP contribution is -2.06. The van der Waals surface area contributed by atoms with Gasteiger partial charge in [0.25, 0.3) is 10.1 Å². The van der Waals surface area contributed by atoms with Gasteiger partial charge in [-0.2, -0.15) is 8.42 Å². The largest absolute Gasteiger partial charge is 0.331 e. The quantitative estimate of drug-likeness (QED) is 0.871. The molecule has 1 heterocycles. The van der Waals surface area contributed by atoms with Gasteiger partial charge in [0, 0.05) is 17.9 Å². The number of aromatic nitrogens is 2. The van der Waals surface area contributed by atoms with Crippen molar-refractivity contribution in [3.8, 4) is 0 Å². The number of hydrogen-bond acceptors (Lipinski definition) is 3. The Kier molecular flexibility index (Phi) is 3.74. The first-order valence-corrected chi connectivity index (χ1v) is 7.83. The molecule has 0 fully saturated rings. The van der Waals surface area contributed by atoms with Crippen LogP contribution in [-0.4, -0.2) is 28.3 Å². The first kappa shape index (κ1) is 13.5. The maximum absolute atomic E-state index is 10.6. The average molecular weight is 333 g/mol. The van der Waals surface area contributed by atoms with Crippen LogP contribution in [0.2, 0.25) is 0 Å². The third-order valence-electron chi connectivity index (χ3n) is 2.74. The Bertz CT molecular complexity index is 679. The van der Waals surface area contributed by atoms with Gasteiger partial charge < -0.3 is 4.57 Å². The number of imidazole rings is 1. The molecule has 5 nitrogen and oxygen atoms in total. The third kappa shape index (κ3) is 3.09. The first-order valence-electron chi connectivity index (χ1n) is 5.43. The summed E-state index contributed by atoms with van der Waals surface area (Å²) in [5, 5.41) is 0. The topological polar surface area (TPSA) is 72.2 Å². The van der Waals surface area contributed by atoms with E-state index < -0.39 is 10.1 Å². The summed E-state index contributed by atoms with van der Waals surface area (Å²) in [6.07, 6.45) is 0.875. The van der Waals surface area contributed by atoms with Gasteiger partial charge in [0.2, 0.25) is 0 Å². The third-order valence-corrected chi connectivity index (χ3v) is 4.04. The van der Waals surface area contributed by atoms with Crippen LogP contribution in [0.15, 0.2) is 22.7 Å². The Morgan fingerprint density at radius 3 is 2.83 bits per heavy atom. The molecule has 0 aliphatic heterocycles. The summed E-state index contributed by atoms with van der Waals surface area (Å²) in [4.78, 5) is 4.44. The monoisotopic (exact) mass is 332 g/mol. The summed E-state index contributed by atoms with van der Waals surface area (Å²) in [6, 6.07) is 5.79. The highest BCUT2D eigenvalue weighted by atomic mass is 79.9. The molecule has 2 aromatic rings. The number of aryl methyl sites for hydroxylation is 2. The second kappa shape index (κ2) is 4.99. The molecule has 0 saturated carbocycles. The van der Waals surface area contributed by atoms with Crippen molar-refractivity contribution in [1.82, 2.24) is 9.55 Å². The molecule has 0 aliphatic carbocycles. The van der Waals surface area contributed by atoms with E-state index in [1.54, 1.807) is 0 Å². The van der Waals surface area contributed by atoms with E-state index >= 15 is 0 Å². The van der Waals surface area contributed by atoms with Crippen LogP contribution in [0.4, 0.5) is 0 Å². The molecule has 1 aromatic heterocycles. The molecular formula is C11H13BrN2O3S. The van der Waals surface area contributed by atoms with Crippen LogP contribution in [0.25, 0.3) is 11.0 Å². The van der Waals surface area contributed by atoms with Crippen LogP contribution in [0, 0.1) is 0 Å². The maximum Gasteiger partial charge on any atom is 0.264 e. The number of nitrogens with zero attached hydrogens (tertiary/aromatic N) is 2. The van der Waals surface area contributed by atoms with Gasteiger partial charge in [-0.15, -0.1) is 0 Å². The second-order valence-electron chi connectivity index (χ2n) is 4.11. The van der Waals surface area contributed by atoms with Gasteiger partial charge in [-0.05, 0) is 24.6 Å². The molecule has 0 saturated heterocycles. The lowest BCUT2D eigenvalue weighted by atomic mass is 10.3. The standard InChI is InChI=1S/C11H13BrN2O3S/c1-14-10-7-8(12)4-5-9(10)13-11(14)3-2-6-18(15,16)17/h4-5,7H,2-3,6H2,1H3,(H,15,16,17). The van der Waals surface area contributed by atoms with Crippen LogP contribution < -0.4 is 0 Å². The van der Waals surface area contributed by atoms with Gasteiger partial charge >= 0.3 is 0 Å². The predicted octanol–water partition coefficient (Wildman–Crippen LogP) is 2.16. The minimum Gasteiger partial charge on any atom is -0.331 e. The molecule has 0 atom stereocenters. The molecule has 98 valence electrons. The number of rotatable bonds is 4. The Labute approximate surface area is 114 Å². The van der Waals surface area contributed by atoms with Crippen molar-refractivity contribution in [3.63, 3.8) is 0 Å². The lowest BCUT2D eigenvalue weighted by molar-refractivity contribution is 0.480. The molecule has 0 bridgehead atoms. The number of fused-ring (bicyclic) bond motifs is 1. The summed E-state index contributed by atoms with van der Waals surface area (Å²) < 4.78 is 32.9. The molecule has 1 aromatic carbocycles. The van der Waals surface area contributed by atoms with Crippen molar-refractivity contribution in [2.24, 2.45) is 7.05 Å². The molecule has 0 unspecified atom stereocenters. The van der Waals surface area contributed by atoms with E-state index in [0.717, 1.165) is 21.3 Å². The maximum atomic E-state index is 10.6. The molecule has 2 rings (SSSR count). The van der Waals surface area contributed by atoms with Crippen molar-refractivity contribution >= 4 is 37.1 Å². The highest BCUT2D eigenvalue weighted by Crippen LogP contribution is 2.20. The summed E-state index contributed by atoms with van der Waals surface area (Å²) in [7, 11) is -2.00. The van der Waals surface area contributed by atoms with Gasteiger partial charge in [0.1, 0.15) is 5.82 Å². The lowest BCUT2D eigenvalue weighted by Gasteiger charge is -2.01. The second-order valence-corrected chi connectivity index (χ2v) is 6.60. The van der Waals surface area contributed by atoms with E-state index in [1.165, 1.54) is 0 Å². The van der Waals surface area contributed by atoms with E-state index in [4.69, 9.17) is 4.55 Å². The average Bonchev–Trinajstić information content (AvgIpc) is 2.55. The van der Waals surface area contributed by atoms with Gasteiger partial charge in [0.15, 0.2) is 0 Å². The van der Waals surface area contributed by atoms with E-state index in [0.29, 0.717) is 12.8 Å². The minimum atomic E-state index is -3.89. The summed E-state index contributed by atoms with van der Waals surface area (Å²) >= 11 is 3.40. The molecule has 18 heavy (non-hydrogen) atoms. The van der Waals surface area contributed by atoms with Crippen LogP contribution in [0.5, 0.6) is 0 Å². The molecule has 0 aliphatic rings. The zero-order chi connectivity index (χ0) is 13.3. The van der Waals surface area contributed by atoms with Gasteiger partial charge in [-0.25, -0.2) is 4.98 Å². The fourth-order valence-corrected chi connectivity index (χ4v) is 2.71. The van der Waals surface area contributed by atoms with Crippen molar-refractivity contribution < 1.29 is 13.0 Å². The van der Waals surface area contributed by atoms with Gasteiger partial charge in [0.05, 0.1) is 16.8 Å². The zero-order valence-electron chi connectivity index (χ0n) is 9.80. The Morgan fingerprint density at radius 2 is 2.17 bits per heavy atom. The molecule has 0 radical (unpaired) electrons. The smallest absolute Gasteiger partial charge is 0.264 e. The summed E-state index contributed by atoms with van der Waals surface area (Å²) in [6.45, 7) is 0. The highest BCUT2D eigenvalue weighted by molar-refractivity contribution is 9.10. The van der Waals surface area contributed by atoms with Crippen molar-refractivity contribution in [2.45, 2.75) is 12.8 Å². The first-order chi connectivity index (χ1) is 8.37. The summed E-state index contributed by atoms with van der Waals surface area (Å²) in [5.74, 6) is 0.576. The number of halogens is 1. The fraction of sp³-hybridized carbons (Fsp3) is 0.364. The van der Waals surface area contributed by atoms with Crippen molar-refractivity contribution in [1.29, 1.82) is 0 Å². The molecule has 7 heteroatoms. The SMILES string of the molecule is Cn1c(CCCS(=O)(=O)O)nc2ccc(Br)cc21. The zero-order valence-corrected chi connectivity index (χ0v) is 12.2. The van der Waals surface area contributed by atoms with E-state index in [9.17, 15) is 8.42 Å². The van der Waals surface area contributed by atoms with Crippen LogP contribution in [0.1, 0.15) is 12.2 Å². The van der Waals surface area contributed by atoms with E-state index in [-0.39, 0.29) is 5.75 Å². The van der Waals surface area contributed by atoms with E-state index in [1.807, 2.05) is 29.8 Å². The van der Waals surface area contributed by atoms with E-state index in [2.05, 4.69) is 20.9 Å². The molecule has 0 spiro atoms. The number of benzene rings is 1. The Morgan fingerprint density at radius 1 is 1.44 bits per heavy atom. The molecular weight excluding hydrogens is 320 g/mol. The normalized spacial score (nSPS) is 12.2. The van der Waals surface area contributed by atoms with Gasteiger partial charge in [-0.1, -0.05) is 15.9 Å². The highest BCUT2D eigenvalue weighted by Gasteiger charge is 2.10. The molecule has 0 amide bonds. The van der Waals surface area contributed by atoms with Gasteiger partial charge in [-0.3, -0.25) is 4.55 Å². The van der Waals surface area contributed by atoms with Crippen molar-refractivity contribution in [3.05, 3.63) is 28.5 Å². The van der Waals surface area contributed by atoms with Crippen LogP contribution in [0.3, 0.4) is 0 Å². The predicted molar refractivity (Wildman–Crippen MR) is 73.2 cm³/mol. The minimum absolute atomic E-state index is 0.236. The molecule has 1 N–H and O–H groups in total. The fourth-order valence-electron chi connectivity index (χ4n) is 1.85. The summed E-state index contributed by atoms with van der Waals surface area (Å²) in [5.41, 5.74) is 1.87. The van der Waals surface area contributed by atoms with Crippen molar-refractivity contribution in [2.75, 3.05) is 5.75 Å². The van der Waals surface area contributed by atoms with Crippen LogP contribution in [-0.2, 0) is 23.6 Å². The van der Waals surface area contributed by atoms with Crippen LogP contribution >= 0.6 is 15.9 Å². The number of hydrogen-bond donors (Lipinski definition) is 1. The Hall–Kier alpha value is -0.920.